The first-order valence-corrected chi connectivity index (χ1v) is 9.40. The lowest BCUT2D eigenvalue weighted by molar-refractivity contribution is 0.398. The van der Waals surface area contributed by atoms with Crippen molar-refractivity contribution in [3.05, 3.63) is 66.5 Å². The zero-order valence-corrected chi connectivity index (χ0v) is 17.6. The number of pyridine rings is 2. The van der Waals surface area contributed by atoms with Crippen LogP contribution in [0.5, 0.6) is 5.75 Å². The van der Waals surface area contributed by atoms with Crippen LogP contribution in [0.15, 0.2) is 69.4 Å². The lowest BCUT2D eigenvalue weighted by Crippen LogP contribution is -1.97. The molecule has 3 heterocycles. The van der Waals surface area contributed by atoms with E-state index in [1.165, 1.54) is 0 Å². The molecular formula is C18H20Cl2N2O2S2. The van der Waals surface area contributed by atoms with Crippen LogP contribution in [0.4, 0.5) is 0 Å². The maximum Gasteiger partial charge on any atom is 0.154 e. The van der Waals surface area contributed by atoms with E-state index in [1.54, 1.807) is 43.1 Å². The molecule has 0 aromatic carbocycles. The molecule has 0 saturated carbocycles. The first-order valence-electron chi connectivity index (χ1n) is 7.53. The fourth-order valence-electron chi connectivity index (χ4n) is 2.23. The molecule has 0 bridgehead atoms. The molecule has 8 heteroatoms. The normalized spacial score (nSPS) is 11.2. The maximum atomic E-state index is 5.64. The highest BCUT2D eigenvalue weighted by molar-refractivity contribution is 7.99. The smallest absolute Gasteiger partial charge is 0.154 e. The molecule has 0 aliphatic heterocycles. The second-order valence-electron chi connectivity index (χ2n) is 5.02. The van der Waals surface area contributed by atoms with Crippen LogP contribution >= 0.6 is 48.3 Å². The Balaban J connectivity index is 0.00000169. The van der Waals surface area contributed by atoms with Crippen LogP contribution in [0.3, 0.4) is 0 Å². The Kier molecular flexibility index (Phi) is 9.94. The molecule has 26 heavy (non-hydrogen) atoms. The quantitative estimate of drug-likeness (QED) is 0.424. The van der Waals surface area contributed by atoms with E-state index in [4.69, 9.17) is 9.15 Å². The summed E-state index contributed by atoms with van der Waals surface area (Å²) in [6.45, 7) is 2.12. The van der Waals surface area contributed by atoms with Gasteiger partial charge in [0.15, 0.2) is 5.75 Å². The average molecular weight is 431 g/mol. The summed E-state index contributed by atoms with van der Waals surface area (Å²) in [4.78, 5) is 9.88. The van der Waals surface area contributed by atoms with Crippen molar-refractivity contribution in [2.24, 2.45) is 0 Å². The highest BCUT2D eigenvalue weighted by atomic mass is 35.5. The molecule has 0 radical (unpaired) electrons. The summed E-state index contributed by atoms with van der Waals surface area (Å²) in [5.74, 6) is 2.48. The number of halogens is 2. The van der Waals surface area contributed by atoms with E-state index in [0.717, 1.165) is 27.1 Å². The standard InChI is InChI=1S/C18H18N2O2S2.2ClH/c1-13(15-6-5-11-22-15)24-16-8-10-19-14(18(16)21-2)12-23-17-7-3-4-9-20-17;;/h3-11,13H,12H2,1-2H3;2*1H. The molecule has 0 amide bonds. The Hall–Kier alpha value is -1.34. The van der Waals surface area contributed by atoms with Gasteiger partial charge in [-0.05, 0) is 37.3 Å². The van der Waals surface area contributed by atoms with Crippen molar-refractivity contribution in [2.75, 3.05) is 7.11 Å². The molecule has 4 nitrogen and oxygen atoms in total. The second-order valence-corrected chi connectivity index (χ2v) is 7.40. The first kappa shape index (κ1) is 22.7. The molecule has 0 aliphatic carbocycles. The highest BCUT2D eigenvalue weighted by Gasteiger charge is 2.16. The van der Waals surface area contributed by atoms with Gasteiger partial charge in [-0.1, -0.05) is 17.8 Å². The molecule has 1 atom stereocenters. The van der Waals surface area contributed by atoms with Crippen LogP contribution in [0, 0.1) is 0 Å². The Morgan fingerprint density at radius 3 is 2.58 bits per heavy atom. The fraction of sp³-hybridized carbons (Fsp3) is 0.222. The van der Waals surface area contributed by atoms with Crippen molar-refractivity contribution in [3.63, 3.8) is 0 Å². The summed E-state index contributed by atoms with van der Waals surface area (Å²) in [5, 5.41) is 1.18. The molecule has 3 aromatic heterocycles. The van der Waals surface area contributed by atoms with Gasteiger partial charge in [0.1, 0.15) is 5.76 Å². The zero-order valence-electron chi connectivity index (χ0n) is 14.3. The predicted molar refractivity (Wildman–Crippen MR) is 112 cm³/mol. The molecular weight excluding hydrogens is 411 g/mol. The minimum Gasteiger partial charge on any atom is -0.494 e. The Labute approximate surface area is 174 Å². The predicted octanol–water partition coefficient (Wildman–Crippen LogP) is 6.07. The van der Waals surface area contributed by atoms with Gasteiger partial charge >= 0.3 is 0 Å². The summed E-state index contributed by atoms with van der Waals surface area (Å²) < 4.78 is 11.1. The van der Waals surface area contributed by atoms with E-state index >= 15 is 0 Å². The maximum absolute atomic E-state index is 5.64. The third-order valence-corrected chi connectivity index (χ3v) is 5.50. The fourth-order valence-corrected chi connectivity index (χ4v) is 4.11. The van der Waals surface area contributed by atoms with Gasteiger partial charge in [0.05, 0.1) is 34.2 Å². The van der Waals surface area contributed by atoms with Gasteiger partial charge < -0.3 is 9.15 Å². The molecule has 3 aromatic rings. The van der Waals surface area contributed by atoms with Crippen LogP contribution in [0.25, 0.3) is 0 Å². The number of aromatic nitrogens is 2. The number of ether oxygens (including phenoxy) is 1. The van der Waals surface area contributed by atoms with Gasteiger partial charge in [-0.3, -0.25) is 4.98 Å². The van der Waals surface area contributed by atoms with Gasteiger partial charge in [-0.15, -0.1) is 36.6 Å². The van der Waals surface area contributed by atoms with Crippen LogP contribution < -0.4 is 4.74 Å². The molecule has 140 valence electrons. The number of rotatable bonds is 7. The van der Waals surface area contributed by atoms with Gasteiger partial charge in [0.25, 0.3) is 0 Å². The first-order chi connectivity index (χ1) is 11.8. The average Bonchev–Trinajstić information content (AvgIpc) is 3.16. The summed E-state index contributed by atoms with van der Waals surface area (Å²) in [6, 6.07) is 11.8. The summed E-state index contributed by atoms with van der Waals surface area (Å²) in [6.07, 6.45) is 5.32. The monoisotopic (exact) mass is 430 g/mol. The number of thioether (sulfide) groups is 2. The van der Waals surface area contributed by atoms with Gasteiger partial charge in [0, 0.05) is 18.1 Å². The van der Waals surface area contributed by atoms with Crippen molar-refractivity contribution in [3.8, 4) is 5.75 Å². The minimum atomic E-state index is 0. The third kappa shape index (κ3) is 5.84. The topological polar surface area (TPSA) is 48.2 Å². The summed E-state index contributed by atoms with van der Waals surface area (Å²) in [5.41, 5.74) is 0.921. The molecule has 1 unspecified atom stereocenters. The van der Waals surface area contributed by atoms with E-state index in [9.17, 15) is 0 Å². The largest absolute Gasteiger partial charge is 0.494 e. The van der Waals surface area contributed by atoms with Crippen molar-refractivity contribution in [2.45, 2.75) is 27.8 Å². The van der Waals surface area contributed by atoms with E-state index in [2.05, 4.69) is 16.9 Å². The molecule has 0 spiro atoms. The van der Waals surface area contributed by atoms with E-state index in [0.29, 0.717) is 5.75 Å². The third-order valence-electron chi connectivity index (χ3n) is 3.39. The Bertz CT molecular complexity index is 774. The molecule has 3 rings (SSSR count). The Morgan fingerprint density at radius 2 is 1.92 bits per heavy atom. The summed E-state index contributed by atoms with van der Waals surface area (Å²) in [7, 11) is 1.69. The minimum absolute atomic E-state index is 0. The van der Waals surface area contributed by atoms with Crippen molar-refractivity contribution < 1.29 is 9.15 Å². The van der Waals surface area contributed by atoms with Crippen molar-refractivity contribution >= 4 is 48.3 Å². The van der Waals surface area contributed by atoms with Gasteiger partial charge in [0.2, 0.25) is 0 Å². The van der Waals surface area contributed by atoms with E-state index in [1.807, 2.05) is 42.6 Å². The van der Waals surface area contributed by atoms with Crippen molar-refractivity contribution in [1.82, 2.24) is 9.97 Å². The molecule has 0 saturated heterocycles. The van der Waals surface area contributed by atoms with Crippen LogP contribution in [0.2, 0.25) is 0 Å². The molecule has 0 fully saturated rings. The lowest BCUT2D eigenvalue weighted by Gasteiger charge is -2.14. The zero-order chi connectivity index (χ0) is 16.8. The van der Waals surface area contributed by atoms with Crippen LogP contribution in [-0.2, 0) is 5.75 Å². The van der Waals surface area contributed by atoms with Gasteiger partial charge in [-0.2, -0.15) is 0 Å². The number of furan rings is 1. The van der Waals surface area contributed by atoms with Gasteiger partial charge in [-0.25, -0.2) is 4.98 Å². The lowest BCUT2D eigenvalue weighted by atomic mass is 10.3. The number of methoxy groups -OCH3 is 1. The highest BCUT2D eigenvalue weighted by Crippen LogP contribution is 2.41. The van der Waals surface area contributed by atoms with Crippen LogP contribution in [0.1, 0.15) is 23.6 Å². The number of nitrogens with zero attached hydrogens (tertiary/aromatic N) is 2. The van der Waals surface area contributed by atoms with E-state index in [-0.39, 0.29) is 30.1 Å². The Morgan fingerprint density at radius 1 is 1.08 bits per heavy atom. The molecule has 0 N–H and O–H groups in total. The van der Waals surface area contributed by atoms with Crippen molar-refractivity contribution in [1.29, 1.82) is 0 Å². The SMILES string of the molecule is COc1c(SC(C)c2ccco2)ccnc1CSc1ccccn1.Cl.Cl. The second kappa shape index (κ2) is 11.4. The van der Waals surface area contributed by atoms with E-state index < -0.39 is 0 Å². The van der Waals surface area contributed by atoms with Crippen LogP contribution in [-0.4, -0.2) is 17.1 Å². The number of hydrogen-bond donors (Lipinski definition) is 0. The number of hydrogen-bond acceptors (Lipinski definition) is 6. The summed E-state index contributed by atoms with van der Waals surface area (Å²) >= 11 is 3.35. The molecule has 0 aliphatic rings.